The molecule has 1 amide bonds. The summed E-state index contributed by atoms with van der Waals surface area (Å²) in [6, 6.07) is 7.29. The highest BCUT2D eigenvalue weighted by Crippen LogP contribution is 2.33. The van der Waals surface area contributed by atoms with Crippen LogP contribution in [0.4, 0.5) is 11.4 Å². The van der Waals surface area contributed by atoms with E-state index in [0.29, 0.717) is 16.5 Å². The number of pyridine rings is 1. The van der Waals surface area contributed by atoms with E-state index in [1.807, 2.05) is 24.0 Å². The maximum absolute atomic E-state index is 12.7. The molecule has 7 heteroatoms. The lowest BCUT2D eigenvalue weighted by molar-refractivity contribution is 0.0658. The van der Waals surface area contributed by atoms with E-state index in [4.69, 9.17) is 16.3 Å². The molecule has 1 aliphatic rings. The lowest BCUT2D eigenvalue weighted by atomic mass is 10.2. The summed E-state index contributed by atoms with van der Waals surface area (Å²) in [4.78, 5) is 21.0. The normalized spacial score (nSPS) is 15.0. The Morgan fingerprint density at radius 1 is 1.23 bits per heavy atom. The van der Waals surface area contributed by atoms with E-state index in [1.54, 1.807) is 25.4 Å². The van der Waals surface area contributed by atoms with Crippen molar-refractivity contribution in [2.45, 2.75) is 6.92 Å². The number of ether oxygens (including phenoxy) is 1. The van der Waals surface area contributed by atoms with Gasteiger partial charge in [0, 0.05) is 49.2 Å². The molecule has 138 valence electrons. The number of nitrogens with zero attached hydrogens (tertiary/aromatic N) is 3. The molecule has 0 bridgehead atoms. The SMILES string of the molecule is COc1cc(Cl)c(C)cc1Nc1ccnc(C(=O)N2CCN(C)CC2)c1. The lowest BCUT2D eigenvalue weighted by Crippen LogP contribution is -2.47. The number of carbonyl (C=O) groups is 1. The first-order chi connectivity index (χ1) is 12.5. The standard InChI is InChI=1S/C19H23ClN4O2/c1-13-10-16(18(26-3)12-15(13)20)22-14-4-5-21-17(11-14)19(25)24-8-6-23(2)7-9-24/h4-5,10-12H,6-9H2,1-3H3,(H,21,22). The van der Waals surface area contributed by atoms with Crippen molar-refractivity contribution in [1.29, 1.82) is 0 Å². The molecule has 1 N–H and O–H groups in total. The number of hydrogen-bond donors (Lipinski definition) is 1. The first-order valence-corrected chi connectivity index (χ1v) is 8.91. The van der Waals surface area contributed by atoms with Crippen molar-refractivity contribution in [3.63, 3.8) is 0 Å². The van der Waals surface area contributed by atoms with E-state index < -0.39 is 0 Å². The van der Waals surface area contributed by atoms with Gasteiger partial charge in [-0.3, -0.25) is 9.78 Å². The zero-order chi connectivity index (χ0) is 18.7. The molecule has 1 fully saturated rings. The zero-order valence-corrected chi connectivity index (χ0v) is 16.0. The predicted molar refractivity (Wildman–Crippen MR) is 104 cm³/mol. The number of piperazine rings is 1. The fourth-order valence-electron chi connectivity index (χ4n) is 2.88. The number of amides is 1. The van der Waals surface area contributed by atoms with Crippen LogP contribution in [0.1, 0.15) is 16.1 Å². The Balaban J connectivity index is 1.80. The van der Waals surface area contributed by atoms with Crippen molar-refractivity contribution in [1.82, 2.24) is 14.8 Å². The van der Waals surface area contributed by atoms with Crippen LogP contribution < -0.4 is 10.1 Å². The number of methoxy groups -OCH3 is 1. The Hall–Kier alpha value is -2.31. The Morgan fingerprint density at radius 2 is 1.96 bits per heavy atom. The monoisotopic (exact) mass is 374 g/mol. The molecule has 1 aromatic carbocycles. The van der Waals surface area contributed by atoms with Crippen molar-refractivity contribution in [2.24, 2.45) is 0 Å². The second-order valence-electron chi connectivity index (χ2n) is 6.45. The highest BCUT2D eigenvalue weighted by Gasteiger charge is 2.21. The molecule has 0 saturated carbocycles. The molecule has 0 aliphatic carbocycles. The fourth-order valence-corrected chi connectivity index (χ4v) is 3.04. The number of nitrogens with one attached hydrogen (secondary N) is 1. The average Bonchev–Trinajstić information content (AvgIpc) is 2.65. The van der Waals surface area contributed by atoms with Crippen molar-refractivity contribution in [3.05, 3.63) is 46.7 Å². The number of carbonyl (C=O) groups excluding carboxylic acids is 1. The highest BCUT2D eigenvalue weighted by atomic mass is 35.5. The van der Waals surface area contributed by atoms with Gasteiger partial charge in [-0.15, -0.1) is 0 Å². The molecule has 3 rings (SSSR count). The summed E-state index contributed by atoms with van der Waals surface area (Å²) in [6.45, 7) is 5.13. The van der Waals surface area contributed by atoms with Crippen molar-refractivity contribution in [2.75, 3.05) is 45.7 Å². The van der Waals surface area contributed by atoms with E-state index in [2.05, 4.69) is 22.2 Å². The minimum atomic E-state index is -0.0407. The first kappa shape index (κ1) is 18.5. The quantitative estimate of drug-likeness (QED) is 0.890. The van der Waals surface area contributed by atoms with Crippen molar-refractivity contribution < 1.29 is 9.53 Å². The molecule has 6 nitrogen and oxygen atoms in total. The summed E-state index contributed by atoms with van der Waals surface area (Å²) >= 11 is 6.16. The van der Waals surface area contributed by atoms with Crippen molar-refractivity contribution >= 4 is 28.9 Å². The van der Waals surface area contributed by atoms with Crippen LogP contribution in [0.3, 0.4) is 0 Å². The van der Waals surface area contributed by atoms with Crippen LogP contribution in [0.2, 0.25) is 5.02 Å². The number of benzene rings is 1. The van der Waals surface area contributed by atoms with Crippen LogP contribution in [0.25, 0.3) is 0 Å². The minimum Gasteiger partial charge on any atom is -0.495 e. The van der Waals surface area contributed by atoms with Gasteiger partial charge in [0.15, 0.2) is 0 Å². The van der Waals surface area contributed by atoms with Gasteiger partial charge in [0.25, 0.3) is 5.91 Å². The Kier molecular flexibility index (Phi) is 5.64. The summed E-state index contributed by atoms with van der Waals surface area (Å²) < 4.78 is 5.39. The molecule has 1 aromatic heterocycles. The number of anilines is 2. The summed E-state index contributed by atoms with van der Waals surface area (Å²) in [5.41, 5.74) is 2.94. The second-order valence-corrected chi connectivity index (χ2v) is 6.86. The van der Waals surface area contributed by atoms with Gasteiger partial charge in [-0.25, -0.2) is 0 Å². The van der Waals surface area contributed by atoms with Crippen LogP contribution in [0, 0.1) is 6.92 Å². The summed E-state index contributed by atoms with van der Waals surface area (Å²) in [7, 11) is 3.66. The number of likely N-dealkylation sites (N-methyl/N-ethyl adjacent to an activating group) is 1. The van der Waals surface area contributed by atoms with E-state index >= 15 is 0 Å². The smallest absolute Gasteiger partial charge is 0.272 e. The summed E-state index contributed by atoms with van der Waals surface area (Å²) in [6.07, 6.45) is 1.64. The molecule has 0 spiro atoms. The third-order valence-electron chi connectivity index (χ3n) is 4.53. The third kappa shape index (κ3) is 4.08. The zero-order valence-electron chi connectivity index (χ0n) is 15.3. The van der Waals surface area contributed by atoms with Gasteiger partial charge in [-0.1, -0.05) is 11.6 Å². The Morgan fingerprint density at radius 3 is 2.65 bits per heavy atom. The number of rotatable bonds is 4. The van der Waals surface area contributed by atoms with Crippen LogP contribution in [0.5, 0.6) is 5.75 Å². The van der Waals surface area contributed by atoms with Gasteiger partial charge in [-0.05, 0) is 37.7 Å². The molecule has 0 radical (unpaired) electrons. The van der Waals surface area contributed by atoms with Gasteiger partial charge in [0.2, 0.25) is 0 Å². The minimum absolute atomic E-state index is 0.0407. The molecule has 2 heterocycles. The maximum atomic E-state index is 12.7. The Bertz CT molecular complexity index is 804. The molecular weight excluding hydrogens is 352 g/mol. The topological polar surface area (TPSA) is 57.7 Å². The second kappa shape index (κ2) is 7.93. The van der Waals surface area contributed by atoms with Gasteiger partial charge < -0.3 is 19.9 Å². The number of aryl methyl sites for hydroxylation is 1. The van der Waals surface area contributed by atoms with Crippen LogP contribution in [-0.4, -0.2) is 61.0 Å². The summed E-state index contributed by atoms with van der Waals surface area (Å²) in [5.74, 6) is 0.602. The first-order valence-electron chi connectivity index (χ1n) is 8.53. The fraction of sp³-hybridized carbons (Fsp3) is 0.368. The van der Waals surface area contributed by atoms with E-state index in [-0.39, 0.29) is 5.91 Å². The average molecular weight is 375 g/mol. The van der Waals surface area contributed by atoms with Gasteiger partial charge in [0.1, 0.15) is 11.4 Å². The van der Waals surface area contributed by atoms with Crippen LogP contribution in [-0.2, 0) is 0 Å². The van der Waals surface area contributed by atoms with Gasteiger partial charge in [-0.2, -0.15) is 0 Å². The molecule has 0 atom stereocenters. The van der Waals surface area contributed by atoms with E-state index in [1.165, 1.54) is 0 Å². The predicted octanol–water partition coefficient (Wildman–Crippen LogP) is 3.18. The lowest BCUT2D eigenvalue weighted by Gasteiger charge is -2.32. The molecule has 0 unspecified atom stereocenters. The molecule has 26 heavy (non-hydrogen) atoms. The van der Waals surface area contributed by atoms with E-state index in [9.17, 15) is 4.79 Å². The molecule has 2 aromatic rings. The number of halogens is 1. The van der Waals surface area contributed by atoms with Crippen LogP contribution in [0.15, 0.2) is 30.5 Å². The number of aromatic nitrogens is 1. The number of hydrogen-bond acceptors (Lipinski definition) is 5. The van der Waals surface area contributed by atoms with E-state index in [0.717, 1.165) is 43.1 Å². The summed E-state index contributed by atoms with van der Waals surface area (Å²) in [5, 5.41) is 3.94. The maximum Gasteiger partial charge on any atom is 0.272 e. The molecular formula is C19H23ClN4O2. The molecule has 1 saturated heterocycles. The Labute approximate surface area is 158 Å². The largest absolute Gasteiger partial charge is 0.495 e. The molecule has 1 aliphatic heterocycles. The third-order valence-corrected chi connectivity index (χ3v) is 4.94. The highest BCUT2D eigenvalue weighted by molar-refractivity contribution is 6.31. The van der Waals surface area contributed by atoms with Crippen molar-refractivity contribution in [3.8, 4) is 5.75 Å². The van der Waals surface area contributed by atoms with Gasteiger partial charge in [0.05, 0.1) is 12.8 Å². The van der Waals surface area contributed by atoms with Gasteiger partial charge >= 0.3 is 0 Å². The van der Waals surface area contributed by atoms with Crippen LogP contribution >= 0.6 is 11.6 Å².